The third-order valence-corrected chi connectivity index (χ3v) is 6.27. The second-order valence-electron chi connectivity index (χ2n) is 7.74. The maximum atomic E-state index is 12.9. The van der Waals surface area contributed by atoms with Crippen LogP contribution in [0.4, 0.5) is 19.0 Å². The number of hydrogen-bond donors (Lipinski definition) is 1. The lowest BCUT2D eigenvalue weighted by Gasteiger charge is -2.20. The first-order chi connectivity index (χ1) is 15.9. The van der Waals surface area contributed by atoms with Crippen LogP contribution in [0.2, 0.25) is 0 Å². The quantitative estimate of drug-likeness (QED) is 0.373. The van der Waals surface area contributed by atoms with Crippen molar-refractivity contribution in [1.29, 1.82) is 0 Å². The van der Waals surface area contributed by atoms with E-state index in [0.717, 1.165) is 49.4 Å². The lowest BCUT2D eigenvalue weighted by atomic mass is 10.1. The van der Waals surface area contributed by atoms with E-state index in [0.29, 0.717) is 22.1 Å². The molecule has 33 heavy (non-hydrogen) atoms. The standard InChI is InChI=1S/C24H23F3N4OS/c25-24(26,27)19-10-8-17(9-11-19)14-28-22(32)20-15-29-23(30-21(20)31-12-4-5-13-31)33-16-18-6-2-1-3-7-18/h1-3,6-11,15H,4-5,12-14,16H2,(H,28,32). The molecule has 172 valence electrons. The molecule has 2 heterocycles. The summed E-state index contributed by atoms with van der Waals surface area (Å²) in [6.07, 6.45) is -0.785. The molecule has 1 amide bonds. The van der Waals surface area contributed by atoms with Gasteiger partial charge in [0.05, 0.1) is 5.56 Å². The van der Waals surface area contributed by atoms with Crippen LogP contribution >= 0.6 is 11.8 Å². The first-order valence-corrected chi connectivity index (χ1v) is 11.6. The van der Waals surface area contributed by atoms with Gasteiger partial charge in [0.1, 0.15) is 11.4 Å². The summed E-state index contributed by atoms with van der Waals surface area (Å²) in [4.78, 5) is 24.0. The SMILES string of the molecule is O=C(NCc1ccc(C(F)(F)F)cc1)c1cnc(SCc2ccccc2)nc1N1CCCC1. The molecule has 3 aromatic rings. The zero-order valence-corrected chi connectivity index (χ0v) is 18.6. The Kier molecular flexibility index (Phi) is 7.17. The number of rotatable bonds is 7. The van der Waals surface area contributed by atoms with Crippen molar-refractivity contribution in [3.05, 3.63) is 83.0 Å². The highest BCUT2D eigenvalue weighted by Gasteiger charge is 2.30. The molecular weight excluding hydrogens is 449 g/mol. The van der Waals surface area contributed by atoms with Gasteiger partial charge in [0.15, 0.2) is 5.16 Å². The normalized spacial score (nSPS) is 13.8. The van der Waals surface area contributed by atoms with E-state index in [9.17, 15) is 18.0 Å². The highest BCUT2D eigenvalue weighted by molar-refractivity contribution is 7.98. The van der Waals surface area contributed by atoms with Crippen LogP contribution in [0, 0.1) is 0 Å². The molecule has 0 atom stereocenters. The summed E-state index contributed by atoms with van der Waals surface area (Å²) in [7, 11) is 0. The Morgan fingerprint density at radius 1 is 1.00 bits per heavy atom. The molecule has 0 radical (unpaired) electrons. The fourth-order valence-corrected chi connectivity index (χ4v) is 4.33. The first kappa shape index (κ1) is 23.1. The highest BCUT2D eigenvalue weighted by Crippen LogP contribution is 2.29. The number of carbonyl (C=O) groups is 1. The van der Waals surface area contributed by atoms with Crippen molar-refractivity contribution in [1.82, 2.24) is 15.3 Å². The molecule has 9 heteroatoms. The van der Waals surface area contributed by atoms with Crippen LogP contribution < -0.4 is 10.2 Å². The molecule has 1 aliphatic heterocycles. The van der Waals surface area contributed by atoms with Gasteiger partial charge in [0.2, 0.25) is 0 Å². The maximum absolute atomic E-state index is 12.9. The van der Waals surface area contributed by atoms with Gasteiger partial charge in [-0.1, -0.05) is 54.2 Å². The van der Waals surface area contributed by atoms with Crippen LogP contribution in [-0.4, -0.2) is 29.0 Å². The van der Waals surface area contributed by atoms with E-state index >= 15 is 0 Å². The van der Waals surface area contributed by atoms with Crippen molar-refractivity contribution in [3.8, 4) is 0 Å². The number of hydrogen-bond acceptors (Lipinski definition) is 5. The number of alkyl halides is 3. The van der Waals surface area contributed by atoms with Gasteiger partial charge in [-0.05, 0) is 36.1 Å². The number of benzene rings is 2. The van der Waals surface area contributed by atoms with Crippen LogP contribution in [0.5, 0.6) is 0 Å². The molecular formula is C24H23F3N4OS. The van der Waals surface area contributed by atoms with E-state index in [-0.39, 0.29) is 12.5 Å². The van der Waals surface area contributed by atoms with E-state index in [4.69, 9.17) is 0 Å². The number of nitrogens with zero attached hydrogens (tertiary/aromatic N) is 3. The van der Waals surface area contributed by atoms with E-state index in [1.165, 1.54) is 30.1 Å². The van der Waals surface area contributed by atoms with Crippen LogP contribution in [-0.2, 0) is 18.5 Å². The molecule has 5 nitrogen and oxygen atoms in total. The summed E-state index contributed by atoms with van der Waals surface area (Å²) in [6, 6.07) is 14.8. The predicted octanol–water partition coefficient (Wildman–Crippen LogP) is 5.32. The topological polar surface area (TPSA) is 58.1 Å². The Hall–Kier alpha value is -3.07. The van der Waals surface area contributed by atoms with E-state index in [2.05, 4.69) is 20.2 Å². The van der Waals surface area contributed by atoms with Crippen molar-refractivity contribution in [2.45, 2.75) is 36.5 Å². The average molecular weight is 473 g/mol. The number of amides is 1. The predicted molar refractivity (Wildman–Crippen MR) is 122 cm³/mol. The number of anilines is 1. The molecule has 2 aromatic carbocycles. The molecule has 1 aromatic heterocycles. The molecule has 0 saturated carbocycles. The molecule has 0 aliphatic carbocycles. The number of thioether (sulfide) groups is 1. The number of aromatic nitrogens is 2. The zero-order valence-electron chi connectivity index (χ0n) is 17.8. The smallest absolute Gasteiger partial charge is 0.356 e. The monoisotopic (exact) mass is 472 g/mol. The first-order valence-electron chi connectivity index (χ1n) is 10.6. The molecule has 1 saturated heterocycles. The van der Waals surface area contributed by atoms with E-state index in [1.807, 2.05) is 30.3 Å². The summed E-state index contributed by atoms with van der Waals surface area (Å²) in [5, 5.41) is 3.38. The summed E-state index contributed by atoms with van der Waals surface area (Å²) in [5.41, 5.74) is 1.39. The van der Waals surface area contributed by atoms with Crippen LogP contribution in [0.3, 0.4) is 0 Å². The second kappa shape index (κ2) is 10.2. The summed E-state index contributed by atoms with van der Waals surface area (Å²) >= 11 is 1.51. The fraction of sp³-hybridized carbons (Fsp3) is 0.292. The van der Waals surface area contributed by atoms with Gasteiger partial charge in [-0.25, -0.2) is 9.97 Å². The van der Waals surface area contributed by atoms with Crippen LogP contribution in [0.25, 0.3) is 0 Å². The zero-order chi connectivity index (χ0) is 23.3. The molecule has 0 spiro atoms. The summed E-state index contributed by atoms with van der Waals surface area (Å²) in [5.74, 6) is 0.971. The second-order valence-corrected chi connectivity index (χ2v) is 8.68. The Morgan fingerprint density at radius 2 is 1.70 bits per heavy atom. The van der Waals surface area contributed by atoms with Gasteiger partial charge < -0.3 is 10.2 Å². The lowest BCUT2D eigenvalue weighted by molar-refractivity contribution is -0.137. The Balaban J connectivity index is 1.46. The van der Waals surface area contributed by atoms with Gasteiger partial charge in [-0.2, -0.15) is 13.2 Å². The van der Waals surface area contributed by atoms with Crippen molar-refractivity contribution in [2.24, 2.45) is 0 Å². The average Bonchev–Trinajstić information content (AvgIpc) is 3.36. The van der Waals surface area contributed by atoms with Gasteiger partial charge in [0.25, 0.3) is 5.91 Å². The van der Waals surface area contributed by atoms with E-state index in [1.54, 1.807) is 0 Å². The minimum Gasteiger partial charge on any atom is -0.356 e. The van der Waals surface area contributed by atoms with Gasteiger partial charge in [-0.15, -0.1) is 0 Å². The Labute approximate surface area is 194 Å². The molecule has 1 N–H and O–H groups in total. The lowest BCUT2D eigenvalue weighted by Crippen LogP contribution is -2.28. The summed E-state index contributed by atoms with van der Waals surface area (Å²) in [6.45, 7) is 1.75. The minimum atomic E-state index is -4.38. The Morgan fingerprint density at radius 3 is 2.36 bits per heavy atom. The van der Waals surface area contributed by atoms with Gasteiger partial charge in [-0.3, -0.25) is 4.79 Å². The maximum Gasteiger partial charge on any atom is 0.416 e. The molecule has 0 unspecified atom stereocenters. The van der Waals surface area contributed by atoms with Gasteiger partial charge >= 0.3 is 6.18 Å². The highest BCUT2D eigenvalue weighted by atomic mass is 32.2. The van der Waals surface area contributed by atoms with Crippen molar-refractivity contribution in [3.63, 3.8) is 0 Å². The molecule has 0 bridgehead atoms. The van der Waals surface area contributed by atoms with E-state index < -0.39 is 11.7 Å². The third-order valence-electron chi connectivity index (χ3n) is 5.34. The van der Waals surface area contributed by atoms with Crippen LogP contribution in [0.15, 0.2) is 66.0 Å². The number of nitrogens with one attached hydrogen (secondary N) is 1. The van der Waals surface area contributed by atoms with Crippen molar-refractivity contribution >= 4 is 23.5 Å². The fourth-order valence-electron chi connectivity index (χ4n) is 3.57. The molecule has 1 aliphatic rings. The third kappa shape index (κ3) is 6.04. The molecule has 4 rings (SSSR count). The van der Waals surface area contributed by atoms with Gasteiger partial charge in [0, 0.05) is 31.6 Å². The minimum absolute atomic E-state index is 0.112. The summed E-state index contributed by atoms with van der Waals surface area (Å²) < 4.78 is 38.2. The largest absolute Gasteiger partial charge is 0.416 e. The van der Waals surface area contributed by atoms with Crippen molar-refractivity contribution in [2.75, 3.05) is 18.0 Å². The number of halogens is 3. The molecule has 1 fully saturated rings. The van der Waals surface area contributed by atoms with Crippen LogP contribution in [0.1, 0.15) is 39.9 Å². The Bertz CT molecular complexity index is 1090. The van der Waals surface area contributed by atoms with Crippen molar-refractivity contribution < 1.29 is 18.0 Å². The number of carbonyl (C=O) groups excluding carboxylic acids is 1.